The van der Waals surface area contributed by atoms with Crippen LogP contribution in [0.2, 0.25) is 0 Å². The van der Waals surface area contributed by atoms with Gasteiger partial charge in [-0.2, -0.15) is 0 Å². The zero-order valence-electron chi connectivity index (χ0n) is 16.6. The molecule has 2 N–H and O–H groups in total. The quantitative estimate of drug-likeness (QED) is 0.438. The maximum Gasteiger partial charge on any atom is 0.295 e. The number of hydrogen-bond acceptors (Lipinski definition) is 4. The molecule has 1 aliphatic heterocycles. The molecule has 0 radical (unpaired) electrons. The first kappa shape index (κ1) is 20.5. The molecule has 0 aliphatic carbocycles. The molecule has 152 valence electrons. The number of ether oxygens (including phenoxy) is 1. The number of amides is 1. The van der Waals surface area contributed by atoms with Crippen LogP contribution in [0.5, 0.6) is 5.75 Å². The van der Waals surface area contributed by atoms with Gasteiger partial charge in [-0.25, -0.2) is 4.39 Å². The number of carbonyl (C=O) groups is 2. The minimum Gasteiger partial charge on any atom is -0.507 e. The average molecular weight is 399 g/mol. The van der Waals surface area contributed by atoms with Gasteiger partial charge in [-0.15, -0.1) is 0 Å². The highest BCUT2D eigenvalue weighted by Crippen LogP contribution is 2.39. The number of Topliss-reactive ketones (excluding diaryl/α,β-unsaturated/α-hetero) is 1. The Bertz CT molecular complexity index is 936. The lowest BCUT2D eigenvalue weighted by Crippen LogP contribution is -3.06. The van der Waals surface area contributed by atoms with E-state index in [1.165, 1.54) is 29.2 Å². The van der Waals surface area contributed by atoms with Crippen LogP contribution in [0.1, 0.15) is 17.2 Å². The summed E-state index contributed by atoms with van der Waals surface area (Å²) in [7, 11) is 5.46. The van der Waals surface area contributed by atoms with Crippen LogP contribution in [0.15, 0.2) is 54.1 Å². The van der Waals surface area contributed by atoms with Gasteiger partial charge in [0.15, 0.2) is 0 Å². The van der Waals surface area contributed by atoms with Gasteiger partial charge in [0.25, 0.3) is 11.7 Å². The van der Waals surface area contributed by atoms with Gasteiger partial charge in [0.1, 0.15) is 17.3 Å². The number of quaternary nitrogens is 1. The third kappa shape index (κ3) is 4.14. The molecule has 1 atom stereocenters. The third-order valence-corrected chi connectivity index (χ3v) is 4.94. The van der Waals surface area contributed by atoms with Crippen molar-refractivity contribution in [3.63, 3.8) is 0 Å². The van der Waals surface area contributed by atoms with E-state index in [1.54, 1.807) is 31.4 Å². The number of likely N-dealkylation sites (tertiary alicyclic amines) is 1. The maximum atomic E-state index is 13.3. The largest absolute Gasteiger partial charge is 0.507 e. The Morgan fingerprint density at radius 3 is 2.28 bits per heavy atom. The number of hydrogen-bond donors (Lipinski definition) is 2. The van der Waals surface area contributed by atoms with Crippen molar-refractivity contribution in [2.75, 3.05) is 34.3 Å². The number of halogens is 1. The molecule has 1 aliphatic rings. The molecule has 0 unspecified atom stereocenters. The maximum absolute atomic E-state index is 13.3. The fourth-order valence-electron chi connectivity index (χ4n) is 3.35. The Morgan fingerprint density at radius 2 is 1.72 bits per heavy atom. The van der Waals surface area contributed by atoms with E-state index < -0.39 is 23.5 Å². The second-order valence-electron chi connectivity index (χ2n) is 7.23. The Kier molecular flexibility index (Phi) is 5.98. The fraction of sp³-hybridized carbons (Fsp3) is 0.273. The Morgan fingerprint density at radius 1 is 1.10 bits per heavy atom. The van der Waals surface area contributed by atoms with Crippen molar-refractivity contribution in [1.82, 2.24) is 4.90 Å². The van der Waals surface area contributed by atoms with E-state index in [0.29, 0.717) is 24.4 Å². The lowest BCUT2D eigenvalue weighted by molar-refractivity contribution is -0.857. The highest BCUT2D eigenvalue weighted by atomic mass is 19.1. The summed E-state index contributed by atoms with van der Waals surface area (Å²) in [5.74, 6) is -1.54. The van der Waals surface area contributed by atoms with Gasteiger partial charge in [-0.1, -0.05) is 12.1 Å². The standard InChI is InChI=1S/C22H23FN2O4/c1-24(2)12-13-25-19(14-6-10-17(29-3)11-7-14)18(21(27)22(25)28)20(26)15-4-8-16(23)9-5-15/h4-11,19,26H,12-13H2,1-3H3/p+1/t19-/m1/s1. The summed E-state index contributed by atoms with van der Waals surface area (Å²) in [6, 6.07) is 11.4. The SMILES string of the molecule is COc1ccc([C@@H]2C(=C(O)c3ccc(F)cc3)C(=O)C(=O)N2CC[NH+](C)C)cc1. The number of likely N-dealkylation sites (N-methyl/N-ethyl adjacent to an activating group) is 1. The Labute approximate surface area is 168 Å². The number of aliphatic hydroxyl groups excluding tert-OH is 1. The number of rotatable bonds is 6. The van der Waals surface area contributed by atoms with Crippen molar-refractivity contribution in [3.05, 3.63) is 71.0 Å². The van der Waals surface area contributed by atoms with Gasteiger partial charge in [0, 0.05) is 5.56 Å². The van der Waals surface area contributed by atoms with Crippen molar-refractivity contribution in [1.29, 1.82) is 0 Å². The highest BCUT2D eigenvalue weighted by molar-refractivity contribution is 6.46. The molecule has 7 heteroatoms. The molecule has 1 saturated heterocycles. The molecule has 0 aromatic heterocycles. The molecule has 0 saturated carbocycles. The lowest BCUT2D eigenvalue weighted by atomic mass is 9.95. The molecule has 0 bridgehead atoms. The molecule has 1 fully saturated rings. The van der Waals surface area contributed by atoms with Gasteiger partial charge in [0.05, 0.1) is 45.9 Å². The highest BCUT2D eigenvalue weighted by Gasteiger charge is 2.46. The number of ketones is 1. The molecular weight excluding hydrogens is 375 g/mol. The molecule has 29 heavy (non-hydrogen) atoms. The third-order valence-electron chi connectivity index (χ3n) is 4.94. The topological polar surface area (TPSA) is 71.3 Å². The summed E-state index contributed by atoms with van der Waals surface area (Å²) in [6.07, 6.45) is 0. The Balaban J connectivity index is 2.12. The first-order valence-corrected chi connectivity index (χ1v) is 9.30. The van der Waals surface area contributed by atoms with E-state index in [-0.39, 0.29) is 16.9 Å². The molecule has 2 aromatic carbocycles. The number of nitrogens with one attached hydrogen (secondary N) is 1. The van der Waals surface area contributed by atoms with Gasteiger partial charge in [0.2, 0.25) is 0 Å². The van der Waals surface area contributed by atoms with E-state index in [0.717, 1.165) is 4.90 Å². The number of aliphatic hydroxyl groups is 1. The number of methoxy groups -OCH3 is 1. The molecule has 1 heterocycles. The first-order valence-electron chi connectivity index (χ1n) is 9.30. The minimum atomic E-state index is -0.749. The van der Waals surface area contributed by atoms with Crippen LogP contribution >= 0.6 is 0 Å². The Hall–Kier alpha value is -3.19. The predicted octanol–water partition coefficient (Wildman–Crippen LogP) is 1.40. The summed E-state index contributed by atoms with van der Waals surface area (Å²) in [4.78, 5) is 28.2. The molecule has 2 aromatic rings. The van der Waals surface area contributed by atoms with Crippen LogP contribution in [0.25, 0.3) is 5.76 Å². The fourth-order valence-corrected chi connectivity index (χ4v) is 3.35. The summed E-state index contributed by atoms with van der Waals surface area (Å²) in [5, 5.41) is 10.9. The van der Waals surface area contributed by atoms with Crippen molar-refractivity contribution in [2.45, 2.75) is 6.04 Å². The second kappa shape index (κ2) is 8.45. The van der Waals surface area contributed by atoms with Crippen molar-refractivity contribution >= 4 is 17.4 Å². The molecule has 0 spiro atoms. The van der Waals surface area contributed by atoms with E-state index in [1.807, 2.05) is 14.1 Å². The van der Waals surface area contributed by atoms with E-state index in [4.69, 9.17) is 4.74 Å². The number of carbonyl (C=O) groups excluding carboxylic acids is 2. The summed E-state index contributed by atoms with van der Waals surface area (Å²) in [5.41, 5.74) is 0.962. The lowest BCUT2D eigenvalue weighted by Gasteiger charge is -2.25. The van der Waals surface area contributed by atoms with Gasteiger partial charge < -0.3 is 19.6 Å². The van der Waals surface area contributed by atoms with Crippen LogP contribution in [-0.4, -0.2) is 56.0 Å². The number of benzene rings is 2. The van der Waals surface area contributed by atoms with Crippen molar-refractivity contribution in [2.24, 2.45) is 0 Å². The van der Waals surface area contributed by atoms with E-state index in [2.05, 4.69) is 0 Å². The molecule has 1 amide bonds. The van der Waals surface area contributed by atoms with Crippen LogP contribution < -0.4 is 9.64 Å². The van der Waals surface area contributed by atoms with Crippen molar-refractivity contribution in [3.8, 4) is 5.75 Å². The molecular formula is C22H24FN2O4+. The predicted molar refractivity (Wildman–Crippen MR) is 106 cm³/mol. The van der Waals surface area contributed by atoms with E-state index in [9.17, 15) is 19.1 Å². The smallest absolute Gasteiger partial charge is 0.295 e. The first-order chi connectivity index (χ1) is 13.8. The normalized spacial score (nSPS) is 18.5. The van der Waals surface area contributed by atoms with Gasteiger partial charge in [-0.05, 0) is 42.0 Å². The molecule has 6 nitrogen and oxygen atoms in total. The monoisotopic (exact) mass is 399 g/mol. The van der Waals surface area contributed by atoms with Crippen LogP contribution in [0, 0.1) is 5.82 Å². The second-order valence-corrected chi connectivity index (χ2v) is 7.23. The van der Waals surface area contributed by atoms with Crippen LogP contribution in [-0.2, 0) is 9.59 Å². The summed E-state index contributed by atoms with van der Waals surface area (Å²) >= 11 is 0. The summed E-state index contributed by atoms with van der Waals surface area (Å²) < 4.78 is 18.5. The molecule has 3 rings (SSSR count). The zero-order chi connectivity index (χ0) is 21.1. The number of nitrogens with zero attached hydrogens (tertiary/aromatic N) is 1. The zero-order valence-corrected chi connectivity index (χ0v) is 16.6. The van der Waals surface area contributed by atoms with Gasteiger partial charge >= 0.3 is 0 Å². The van der Waals surface area contributed by atoms with Crippen LogP contribution in [0.4, 0.5) is 4.39 Å². The van der Waals surface area contributed by atoms with Crippen LogP contribution in [0.3, 0.4) is 0 Å². The summed E-state index contributed by atoms with van der Waals surface area (Å²) in [6.45, 7) is 0.986. The van der Waals surface area contributed by atoms with Gasteiger partial charge in [-0.3, -0.25) is 9.59 Å². The average Bonchev–Trinajstić information content (AvgIpc) is 2.97. The van der Waals surface area contributed by atoms with Crippen molar-refractivity contribution < 1.29 is 28.7 Å². The van der Waals surface area contributed by atoms with E-state index >= 15 is 0 Å². The minimum absolute atomic E-state index is 0.000492.